The number of esters is 1. The highest BCUT2D eigenvalue weighted by Crippen LogP contribution is 2.30. The number of hydrogen-bond donors (Lipinski definition) is 0. The Labute approximate surface area is 156 Å². The number of carbonyl (C=O) groups is 1. The first-order valence-corrected chi connectivity index (χ1v) is 9.87. The van der Waals surface area contributed by atoms with Crippen LogP contribution in [0.1, 0.15) is 29.3 Å². The smallest absolute Gasteiger partial charge is 0.387 e. The Bertz CT molecular complexity index is 701. The molecule has 5 nitrogen and oxygen atoms in total. The van der Waals surface area contributed by atoms with Gasteiger partial charge in [-0.1, -0.05) is 31.2 Å². The highest BCUT2D eigenvalue weighted by atomic mass is 28.3. The largest absolute Gasteiger partial charge is 0.493 e. The number of benzene rings is 2. The molecule has 0 amide bonds. The first-order chi connectivity index (χ1) is 12.6. The van der Waals surface area contributed by atoms with Crippen molar-refractivity contribution in [3.63, 3.8) is 0 Å². The standard InChI is InChI=1S/C20H25O5Si/c1-15(26(23-3)24-4)10-11-16-12-13-18(19(14-16)22-2)25-20(21)17-8-6-5-7-9-17/h5-9,12-15H,10-11H2,1-4H3. The minimum atomic E-state index is -1.24. The van der Waals surface area contributed by atoms with Gasteiger partial charge in [0.15, 0.2) is 11.5 Å². The third kappa shape index (κ3) is 5.42. The lowest BCUT2D eigenvalue weighted by Crippen LogP contribution is -2.24. The normalized spacial score (nSPS) is 12.0. The lowest BCUT2D eigenvalue weighted by atomic mass is 10.1. The number of carbonyl (C=O) groups excluding carboxylic acids is 1. The molecule has 0 N–H and O–H groups in total. The van der Waals surface area contributed by atoms with E-state index in [4.69, 9.17) is 18.3 Å². The Morgan fingerprint density at radius 1 is 1.00 bits per heavy atom. The Morgan fingerprint density at radius 2 is 1.69 bits per heavy atom. The molecule has 0 spiro atoms. The van der Waals surface area contributed by atoms with E-state index in [1.54, 1.807) is 51.7 Å². The van der Waals surface area contributed by atoms with Crippen LogP contribution in [0.15, 0.2) is 48.5 Å². The van der Waals surface area contributed by atoms with Crippen molar-refractivity contribution in [2.24, 2.45) is 0 Å². The first-order valence-electron chi connectivity index (χ1n) is 8.48. The van der Waals surface area contributed by atoms with Crippen LogP contribution in [0.3, 0.4) is 0 Å². The van der Waals surface area contributed by atoms with E-state index in [0.29, 0.717) is 22.6 Å². The zero-order chi connectivity index (χ0) is 18.9. The summed E-state index contributed by atoms with van der Waals surface area (Å²) in [5.41, 5.74) is 1.97. The van der Waals surface area contributed by atoms with Crippen LogP contribution in [0.5, 0.6) is 11.5 Å². The molecule has 2 aromatic rings. The number of aryl methyl sites for hydroxylation is 1. The fourth-order valence-corrected chi connectivity index (χ4v) is 4.02. The molecule has 2 rings (SSSR count). The average Bonchev–Trinajstić information content (AvgIpc) is 2.68. The summed E-state index contributed by atoms with van der Waals surface area (Å²) in [7, 11) is 3.70. The van der Waals surface area contributed by atoms with Gasteiger partial charge in [-0.2, -0.15) is 0 Å². The minimum Gasteiger partial charge on any atom is -0.493 e. The molecule has 0 fully saturated rings. The molecule has 1 unspecified atom stereocenters. The minimum absolute atomic E-state index is 0.358. The van der Waals surface area contributed by atoms with Crippen LogP contribution in [-0.2, 0) is 15.3 Å². The van der Waals surface area contributed by atoms with Crippen molar-refractivity contribution in [3.05, 3.63) is 59.7 Å². The predicted octanol–water partition coefficient (Wildman–Crippen LogP) is 4.02. The summed E-state index contributed by atoms with van der Waals surface area (Å²) in [6, 6.07) is 14.5. The lowest BCUT2D eigenvalue weighted by molar-refractivity contribution is 0.0729. The average molecular weight is 374 g/mol. The van der Waals surface area contributed by atoms with Gasteiger partial charge in [-0.3, -0.25) is 0 Å². The molecule has 0 saturated carbocycles. The fourth-order valence-electron chi connectivity index (χ4n) is 2.67. The van der Waals surface area contributed by atoms with Crippen LogP contribution in [0, 0.1) is 0 Å². The monoisotopic (exact) mass is 373 g/mol. The molecule has 1 radical (unpaired) electrons. The second kappa shape index (κ2) is 10.1. The van der Waals surface area contributed by atoms with Crippen molar-refractivity contribution < 1.29 is 23.1 Å². The molecule has 0 aliphatic rings. The quantitative estimate of drug-likeness (QED) is 0.377. The molecule has 2 aromatic carbocycles. The molecular weight excluding hydrogens is 348 g/mol. The Morgan fingerprint density at radius 3 is 2.31 bits per heavy atom. The summed E-state index contributed by atoms with van der Waals surface area (Å²) in [6.07, 6.45) is 1.81. The van der Waals surface area contributed by atoms with Gasteiger partial charge in [-0.15, -0.1) is 0 Å². The van der Waals surface area contributed by atoms with Gasteiger partial charge in [-0.05, 0) is 42.7 Å². The highest BCUT2D eigenvalue weighted by molar-refractivity contribution is 6.46. The van der Waals surface area contributed by atoms with Crippen molar-refractivity contribution in [3.8, 4) is 11.5 Å². The summed E-state index contributed by atoms with van der Waals surface area (Å²) in [5, 5.41) is 0. The molecule has 1 atom stereocenters. The molecule has 0 heterocycles. The Balaban J connectivity index is 2.04. The maximum atomic E-state index is 12.2. The zero-order valence-electron chi connectivity index (χ0n) is 15.7. The van der Waals surface area contributed by atoms with Crippen molar-refractivity contribution in [2.45, 2.75) is 25.3 Å². The van der Waals surface area contributed by atoms with Gasteiger partial charge in [0.2, 0.25) is 0 Å². The van der Waals surface area contributed by atoms with Crippen molar-refractivity contribution in [1.29, 1.82) is 0 Å². The van der Waals surface area contributed by atoms with Crippen LogP contribution >= 0.6 is 0 Å². The van der Waals surface area contributed by atoms with E-state index in [9.17, 15) is 4.79 Å². The summed E-state index contributed by atoms with van der Waals surface area (Å²) >= 11 is 0. The Kier molecular flexibility index (Phi) is 7.84. The zero-order valence-corrected chi connectivity index (χ0v) is 16.7. The summed E-state index contributed by atoms with van der Waals surface area (Å²) in [4.78, 5) is 12.2. The van der Waals surface area contributed by atoms with Crippen LogP contribution < -0.4 is 9.47 Å². The number of methoxy groups -OCH3 is 1. The van der Waals surface area contributed by atoms with Gasteiger partial charge in [-0.25, -0.2) is 4.79 Å². The van der Waals surface area contributed by atoms with E-state index in [1.807, 2.05) is 18.2 Å². The van der Waals surface area contributed by atoms with Gasteiger partial charge < -0.3 is 18.3 Å². The molecule has 0 aliphatic carbocycles. The first kappa shape index (κ1) is 20.2. The van der Waals surface area contributed by atoms with Gasteiger partial charge in [0.1, 0.15) is 0 Å². The van der Waals surface area contributed by atoms with Crippen molar-refractivity contribution in [2.75, 3.05) is 21.3 Å². The molecule has 26 heavy (non-hydrogen) atoms. The van der Waals surface area contributed by atoms with E-state index in [-0.39, 0.29) is 0 Å². The lowest BCUT2D eigenvalue weighted by Gasteiger charge is -2.17. The van der Waals surface area contributed by atoms with E-state index < -0.39 is 15.3 Å². The molecule has 0 bridgehead atoms. The topological polar surface area (TPSA) is 54.0 Å². The molecule has 139 valence electrons. The summed E-state index contributed by atoms with van der Waals surface area (Å²) in [6.45, 7) is 2.13. The summed E-state index contributed by atoms with van der Waals surface area (Å²) in [5.74, 6) is 0.554. The number of rotatable bonds is 9. The van der Waals surface area contributed by atoms with E-state index in [1.165, 1.54) is 0 Å². The Hall–Kier alpha value is -2.15. The van der Waals surface area contributed by atoms with Gasteiger partial charge in [0.25, 0.3) is 0 Å². The van der Waals surface area contributed by atoms with E-state index >= 15 is 0 Å². The van der Waals surface area contributed by atoms with Crippen LogP contribution in [0.2, 0.25) is 5.54 Å². The van der Waals surface area contributed by atoms with Crippen molar-refractivity contribution in [1.82, 2.24) is 0 Å². The predicted molar refractivity (Wildman–Crippen MR) is 102 cm³/mol. The molecular formula is C20H25O5Si. The van der Waals surface area contributed by atoms with Gasteiger partial charge in [0, 0.05) is 19.8 Å². The highest BCUT2D eigenvalue weighted by Gasteiger charge is 2.21. The second-order valence-electron chi connectivity index (χ2n) is 5.91. The third-order valence-electron chi connectivity index (χ3n) is 4.11. The third-order valence-corrected chi connectivity index (χ3v) is 6.01. The van der Waals surface area contributed by atoms with Crippen molar-refractivity contribution >= 4 is 15.3 Å². The number of ether oxygens (including phenoxy) is 2. The van der Waals surface area contributed by atoms with Gasteiger partial charge >= 0.3 is 15.3 Å². The van der Waals surface area contributed by atoms with E-state index in [0.717, 1.165) is 18.4 Å². The SMILES string of the molecule is COc1cc(CCC(C)[Si](OC)OC)ccc1OC(=O)c1ccccc1. The summed E-state index contributed by atoms with van der Waals surface area (Å²) < 4.78 is 21.7. The molecule has 0 aromatic heterocycles. The molecule has 6 heteroatoms. The molecule has 0 aliphatic heterocycles. The van der Waals surface area contributed by atoms with Gasteiger partial charge in [0.05, 0.1) is 12.7 Å². The molecule has 0 saturated heterocycles. The maximum absolute atomic E-state index is 12.2. The fraction of sp³-hybridized carbons (Fsp3) is 0.350. The van der Waals surface area contributed by atoms with Crippen LogP contribution in [0.25, 0.3) is 0 Å². The second-order valence-corrected chi connectivity index (χ2v) is 8.35. The maximum Gasteiger partial charge on any atom is 0.387 e. The van der Waals surface area contributed by atoms with Crippen LogP contribution in [-0.4, -0.2) is 36.6 Å². The van der Waals surface area contributed by atoms with E-state index in [2.05, 4.69) is 6.92 Å². The number of hydrogen-bond acceptors (Lipinski definition) is 5. The van der Waals surface area contributed by atoms with Crippen LogP contribution in [0.4, 0.5) is 0 Å².